The first-order chi connectivity index (χ1) is 15.1. The maximum absolute atomic E-state index is 6.10. The highest BCUT2D eigenvalue weighted by atomic mass is 35.5. The summed E-state index contributed by atoms with van der Waals surface area (Å²) in [6.45, 7) is 0.456. The number of nitrogens with one attached hydrogen (secondary N) is 1. The van der Waals surface area contributed by atoms with Gasteiger partial charge < -0.3 is 9.47 Å². The van der Waals surface area contributed by atoms with Crippen LogP contribution in [0.4, 0.5) is 0 Å². The van der Waals surface area contributed by atoms with Gasteiger partial charge in [-0.25, -0.2) is 5.10 Å². The summed E-state index contributed by atoms with van der Waals surface area (Å²) in [4.78, 5) is 0. The molecule has 0 saturated carbocycles. The Bertz CT molecular complexity index is 1270. The lowest BCUT2D eigenvalue weighted by atomic mass is 10.2. The lowest BCUT2D eigenvalue weighted by Gasteiger charge is -2.11. The fraction of sp³-hybridized carbons (Fsp3) is 0.0870. The summed E-state index contributed by atoms with van der Waals surface area (Å²) in [7, 11) is 1.61. The van der Waals surface area contributed by atoms with Gasteiger partial charge in [-0.2, -0.15) is 14.9 Å². The van der Waals surface area contributed by atoms with Crippen LogP contribution in [-0.2, 0) is 6.61 Å². The largest absolute Gasteiger partial charge is 0.493 e. The second kappa shape index (κ2) is 9.59. The summed E-state index contributed by atoms with van der Waals surface area (Å²) in [6.07, 6.45) is 1.68. The monoisotopic (exact) mass is 450 g/mol. The molecule has 0 atom stereocenters. The minimum atomic E-state index is 0.376. The third-order valence-electron chi connectivity index (χ3n) is 4.48. The predicted octanol–water partition coefficient (Wildman–Crippen LogP) is 5.73. The molecule has 0 saturated heterocycles. The Morgan fingerprint density at radius 3 is 2.68 bits per heavy atom. The molecule has 4 rings (SSSR count). The van der Waals surface area contributed by atoms with Crippen LogP contribution in [0.15, 0.2) is 77.9 Å². The van der Waals surface area contributed by atoms with Crippen LogP contribution in [0.1, 0.15) is 11.1 Å². The Kier molecular flexibility index (Phi) is 6.45. The number of H-pyrrole nitrogens is 1. The third kappa shape index (κ3) is 5.02. The van der Waals surface area contributed by atoms with Gasteiger partial charge in [-0.15, -0.1) is 0 Å². The zero-order chi connectivity index (χ0) is 21.6. The van der Waals surface area contributed by atoms with Crippen LogP contribution >= 0.6 is 23.8 Å². The topological polar surface area (TPSA) is 64.4 Å². The van der Waals surface area contributed by atoms with Crippen molar-refractivity contribution in [3.8, 4) is 22.9 Å². The second-order valence-electron chi connectivity index (χ2n) is 6.60. The molecular weight excluding hydrogens is 432 g/mol. The van der Waals surface area contributed by atoms with Crippen LogP contribution in [0.3, 0.4) is 0 Å². The third-order valence-corrected chi connectivity index (χ3v) is 4.98. The van der Waals surface area contributed by atoms with Crippen molar-refractivity contribution in [3.63, 3.8) is 0 Å². The van der Waals surface area contributed by atoms with Crippen molar-refractivity contribution in [1.82, 2.24) is 14.9 Å². The molecule has 1 heterocycles. The van der Waals surface area contributed by atoms with Crippen LogP contribution in [0.25, 0.3) is 11.4 Å². The number of halogens is 1. The number of hydrogen-bond acceptors (Lipinski definition) is 5. The molecule has 1 N–H and O–H groups in total. The van der Waals surface area contributed by atoms with Crippen LogP contribution < -0.4 is 9.47 Å². The Morgan fingerprint density at radius 1 is 1.06 bits per heavy atom. The van der Waals surface area contributed by atoms with Crippen LogP contribution in [0.2, 0.25) is 5.02 Å². The molecule has 0 amide bonds. The standard InChI is InChI=1S/C23H19ClN4O2S/c1-29-21-12-17(10-11-20(21)30-15-16-6-3-2-4-7-16)14-25-28-22(26-27-23(28)31)18-8-5-9-19(24)13-18/h2-14H,15H2,1H3,(H,27,31). The fourth-order valence-corrected chi connectivity index (χ4v) is 3.33. The van der Waals surface area contributed by atoms with Gasteiger partial charge in [0.1, 0.15) is 6.61 Å². The molecule has 8 heteroatoms. The average Bonchev–Trinajstić information content (AvgIpc) is 3.17. The van der Waals surface area contributed by atoms with Gasteiger partial charge in [-0.3, -0.25) is 0 Å². The van der Waals surface area contributed by atoms with E-state index in [0.29, 0.717) is 33.7 Å². The van der Waals surface area contributed by atoms with E-state index >= 15 is 0 Å². The van der Waals surface area contributed by atoms with Crippen molar-refractivity contribution in [2.45, 2.75) is 6.61 Å². The summed E-state index contributed by atoms with van der Waals surface area (Å²) in [5, 5.41) is 12.1. The molecule has 0 unspecified atom stereocenters. The van der Waals surface area contributed by atoms with E-state index in [-0.39, 0.29) is 0 Å². The van der Waals surface area contributed by atoms with E-state index in [4.69, 9.17) is 33.3 Å². The van der Waals surface area contributed by atoms with Crippen molar-refractivity contribution >= 4 is 30.0 Å². The highest BCUT2D eigenvalue weighted by Gasteiger charge is 2.09. The first kappa shape index (κ1) is 20.8. The van der Waals surface area contributed by atoms with E-state index in [1.54, 1.807) is 30.1 Å². The van der Waals surface area contributed by atoms with Crippen molar-refractivity contribution in [2.24, 2.45) is 5.10 Å². The molecule has 0 spiro atoms. The highest BCUT2D eigenvalue weighted by Crippen LogP contribution is 2.28. The van der Waals surface area contributed by atoms with E-state index in [1.165, 1.54) is 0 Å². The van der Waals surface area contributed by atoms with Crippen molar-refractivity contribution in [3.05, 3.63) is 93.7 Å². The zero-order valence-electron chi connectivity index (χ0n) is 16.7. The maximum atomic E-state index is 6.10. The first-order valence-corrected chi connectivity index (χ1v) is 10.2. The SMILES string of the molecule is COc1cc(C=Nn2c(-c3cccc(Cl)c3)n[nH]c2=S)ccc1OCc1ccccc1. The van der Waals surface area contributed by atoms with E-state index in [2.05, 4.69) is 15.3 Å². The van der Waals surface area contributed by atoms with Crippen LogP contribution in [0.5, 0.6) is 11.5 Å². The number of benzene rings is 3. The maximum Gasteiger partial charge on any atom is 0.216 e. The minimum Gasteiger partial charge on any atom is -0.493 e. The number of nitrogens with zero attached hydrogens (tertiary/aromatic N) is 3. The first-order valence-electron chi connectivity index (χ1n) is 9.46. The molecule has 0 aliphatic heterocycles. The van der Waals surface area contributed by atoms with Gasteiger partial charge in [0, 0.05) is 10.6 Å². The molecular formula is C23H19ClN4O2S. The van der Waals surface area contributed by atoms with E-state index in [0.717, 1.165) is 16.7 Å². The molecule has 156 valence electrons. The lowest BCUT2D eigenvalue weighted by Crippen LogP contribution is -1.99. The number of hydrogen-bond donors (Lipinski definition) is 1. The molecule has 0 aliphatic rings. The van der Waals surface area contributed by atoms with E-state index in [1.807, 2.05) is 60.7 Å². The Labute approximate surface area is 189 Å². The quantitative estimate of drug-likeness (QED) is 0.288. The molecule has 0 bridgehead atoms. The Balaban J connectivity index is 1.56. The average molecular weight is 451 g/mol. The number of methoxy groups -OCH3 is 1. The Hall–Kier alpha value is -3.42. The van der Waals surface area contributed by atoms with Crippen molar-refractivity contribution in [1.29, 1.82) is 0 Å². The normalized spacial score (nSPS) is 11.0. The van der Waals surface area contributed by atoms with E-state index in [9.17, 15) is 0 Å². The molecule has 4 aromatic rings. The van der Waals surface area contributed by atoms with Gasteiger partial charge >= 0.3 is 0 Å². The summed E-state index contributed by atoms with van der Waals surface area (Å²) < 4.78 is 13.3. The van der Waals surface area contributed by atoms with Gasteiger partial charge in [0.2, 0.25) is 4.77 Å². The number of aromatic nitrogens is 3. The number of aromatic amines is 1. The smallest absolute Gasteiger partial charge is 0.216 e. The molecule has 31 heavy (non-hydrogen) atoms. The summed E-state index contributed by atoms with van der Waals surface area (Å²) >= 11 is 11.4. The zero-order valence-corrected chi connectivity index (χ0v) is 18.2. The van der Waals surface area contributed by atoms with Crippen LogP contribution in [-0.4, -0.2) is 28.2 Å². The number of ether oxygens (including phenoxy) is 2. The van der Waals surface area contributed by atoms with Gasteiger partial charge in [0.15, 0.2) is 17.3 Å². The van der Waals surface area contributed by atoms with E-state index < -0.39 is 0 Å². The lowest BCUT2D eigenvalue weighted by molar-refractivity contribution is 0.284. The molecule has 6 nitrogen and oxygen atoms in total. The fourth-order valence-electron chi connectivity index (χ4n) is 2.96. The minimum absolute atomic E-state index is 0.376. The second-order valence-corrected chi connectivity index (χ2v) is 7.43. The summed E-state index contributed by atoms with van der Waals surface area (Å²) in [6, 6.07) is 22.9. The van der Waals surface area contributed by atoms with Gasteiger partial charge in [0.05, 0.1) is 13.3 Å². The van der Waals surface area contributed by atoms with Crippen LogP contribution in [0, 0.1) is 4.77 Å². The molecule has 0 fully saturated rings. The van der Waals surface area contributed by atoms with Crippen molar-refractivity contribution in [2.75, 3.05) is 7.11 Å². The molecule has 1 aromatic heterocycles. The molecule has 0 aliphatic carbocycles. The molecule has 0 radical (unpaired) electrons. The highest BCUT2D eigenvalue weighted by molar-refractivity contribution is 7.71. The Morgan fingerprint density at radius 2 is 1.90 bits per heavy atom. The number of rotatable bonds is 7. The van der Waals surface area contributed by atoms with Crippen molar-refractivity contribution < 1.29 is 9.47 Å². The molecule has 3 aromatic carbocycles. The summed E-state index contributed by atoms with van der Waals surface area (Å²) in [5.74, 6) is 1.84. The van der Waals surface area contributed by atoms with Gasteiger partial charge in [0.25, 0.3) is 0 Å². The summed E-state index contributed by atoms with van der Waals surface area (Å²) in [5.41, 5.74) is 2.71. The predicted molar refractivity (Wildman–Crippen MR) is 125 cm³/mol. The van der Waals surface area contributed by atoms with Gasteiger partial charge in [-0.1, -0.05) is 54.1 Å². The van der Waals surface area contributed by atoms with Gasteiger partial charge in [-0.05, 0) is 53.7 Å².